The van der Waals surface area contributed by atoms with Crippen LogP contribution in [0.3, 0.4) is 0 Å². The number of hydrogen-bond acceptors (Lipinski definition) is 9. The first kappa shape index (κ1) is 23.0. The monoisotopic (exact) mass is 500 g/mol. The first-order chi connectivity index (χ1) is 18.0. The molecule has 2 N–H and O–H groups in total. The third-order valence-electron chi connectivity index (χ3n) is 6.32. The minimum atomic E-state index is -1.07. The molecule has 0 radical (unpaired) electrons. The van der Waals surface area contributed by atoms with Crippen molar-refractivity contribution in [2.75, 3.05) is 18.4 Å². The fraction of sp³-hybridized carbons (Fsp3) is 0.269. The van der Waals surface area contributed by atoms with E-state index in [1.807, 2.05) is 54.9 Å². The Morgan fingerprint density at radius 3 is 2.86 bits per heavy atom. The molecule has 1 aliphatic rings. The van der Waals surface area contributed by atoms with Gasteiger partial charge in [0.1, 0.15) is 41.1 Å². The maximum atomic E-state index is 14.2. The lowest BCUT2D eigenvalue weighted by molar-refractivity contribution is 0.0670. The van der Waals surface area contributed by atoms with Crippen LogP contribution < -0.4 is 20.1 Å². The number of ether oxygens (including phenoxy) is 2. The Morgan fingerprint density at radius 1 is 1.08 bits per heavy atom. The number of aryl methyl sites for hydroxylation is 2. The van der Waals surface area contributed by atoms with Crippen LogP contribution in [0.25, 0.3) is 22.1 Å². The van der Waals surface area contributed by atoms with E-state index in [-0.39, 0.29) is 6.01 Å². The Kier molecular flexibility index (Phi) is 5.97. The van der Waals surface area contributed by atoms with Gasteiger partial charge in [-0.25, -0.2) is 24.3 Å². The minimum Gasteiger partial charge on any atom is -0.457 e. The van der Waals surface area contributed by atoms with E-state index in [4.69, 9.17) is 9.47 Å². The molecule has 0 unspecified atom stereocenters. The number of nitrogens with zero attached hydrogens (tertiary/aromatic N) is 6. The molecule has 0 spiro atoms. The molecule has 2 atom stereocenters. The molecule has 0 bridgehead atoms. The van der Waals surface area contributed by atoms with Crippen LogP contribution >= 0.6 is 0 Å². The van der Waals surface area contributed by atoms with Crippen molar-refractivity contribution in [3.8, 4) is 17.5 Å². The molecular formula is C26H25FN8O2. The molecular weight excluding hydrogens is 475 g/mol. The molecule has 0 aliphatic carbocycles. The SMILES string of the molecule is Cc1cc(Nc2ncnc3cnc(O[C@H]4CNCC[C@@H]4F)nc23)ccc1Oc1ccc2c(c1)ncn2C. The average molecular weight is 501 g/mol. The van der Waals surface area contributed by atoms with E-state index in [0.717, 1.165) is 28.0 Å². The lowest BCUT2D eigenvalue weighted by atomic mass is 10.1. The maximum Gasteiger partial charge on any atom is 0.317 e. The topological polar surface area (TPSA) is 112 Å². The molecule has 2 aromatic carbocycles. The minimum absolute atomic E-state index is 0.0894. The van der Waals surface area contributed by atoms with Gasteiger partial charge in [-0.15, -0.1) is 0 Å². The van der Waals surface area contributed by atoms with Gasteiger partial charge in [-0.3, -0.25) is 0 Å². The second kappa shape index (κ2) is 9.58. The number of nitrogens with one attached hydrogen (secondary N) is 2. The third kappa shape index (κ3) is 4.73. The Labute approximate surface area is 211 Å². The van der Waals surface area contributed by atoms with Crippen molar-refractivity contribution in [3.63, 3.8) is 0 Å². The van der Waals surface area contributed by atoms with Gasteiger partial charge in [-0.1, -0.05) is 0 Å². The lowest BCUT2D eigenvalue weighted by Crippen LogP contribution is -2.45. The van der Waals surface area contributed by atoms with Crippen molar-refractivity contribution < 1.29 is 13.9 Å². The van der Waals surface area contributed by atoms with E-state index < -0.39 is 12.3 Å². The molecule has 0 amide bonds. The van der Waals surface area contributed by atoms with Gasteiger partial charge in [0.05, 0.1) is 23.6 Å². The fourth-order valence-electron chi connectivity index (χ4n) is 4.32. The van der Waals surface area contributed by atoms with Gasteiger partial charge in [0.2, 0.25) is 0 Å². The summed E-state index contributed by atoms with van der Waals surface area (Å²) in [5.41, 5.74) is 4.67. The van der Waals surface area contributed by atoms with Crippen molar-refractivity contribution in [1.82, 2.24) is 34.8 Å². The van der Waals surface area contributed by atoms with Gasteiger partial charge in [0.25, 0.3) is 0 Å². The molecule has 10 nitrogen and oxygen atoms in total. The normalized spacial score (nSPS) is 17.7. The van der Waals surface area contributed by atoms with Crippen molar-refractivity contribution in [2.45, 2.75) is 25.6 Å². The first-order valence-electron chi connectivity index (χ1n) is 12.0. The third-order valence-corrected chi connectivity index (χ3v) is 6.32. The molecule has 11 heteroatoms. The summed E-state index contributed by atoms with van der Waals surface area (Å²) in [5, 5.41) is 6.42. The zero-order valence-corrected chi connectivity index (χ0v) is 20.3. The van der Waals surface area contributed by atoms with Crippen LogP contribution in [0, 0.1) is 6.92 Å². The number of aromatic nitrogens is 6. The van der Waals surface area contributed by atoms with Crippen LogP contribution in [0.1, 0.15) is 12.0 Å². The van der Waals surface area contributed by atoms with Gasteiger partial charge < -0.3 is 24.7 Å². The Morgan fingerprint density at radius 2 is 2.00 bits per heavy atom. The largest absolute Gasteiger partial charge is 0.457 e. The highest BCUT2D eigenvalue weighted by Crippen LogP contribution is 2.31. The summed E-state index contributed by atoms with van der Waals surface area (Å²) in [7, 11) is 1.96. The van der Waals surface area contributed by atoms with Gasteiger partial charge >= 0.3 is 6.01 Å². The summed E-state index contributed by atoms with van der Waals surface area (Å²) >= 11 is 0. The summed E-state index contributed by atoms with van der Waals surface area (Å²) in [4.78, 5) is 21.7. The predicted octanol–water partition coefficient (Wildman–Crippen LogP) is 4.23. The Hall–Kier alpha value is -4.38. The number of fused-ring (bicyclic) bond motifs is 2. The molecule has 188 valence electrons. The predicted molar refractivity (Wildman–Crippen MR) is 137 cm³/mol. The number of halogens is 1. The van der Waals surface area contributed by atoms with E-state index >= 15 is 0 Å². The molecule has 1 saturated heterocycles. The number of imidazole rings is 1. The summed E-state index contributed by atoms with van der Waals surface area (Å²) in [5.74, 6) is 1.93. The van der Waals surface area contributed by atoms with Crippen LogP contribution in [0.2, 0.25) is 0 Å². The summed E-state index contributed by atoms with van der Waals surface area (Å²) in [6.45, 7) is 3.00. The molecule has 3 aromatic heterocycles. The first-order valence-corrected chi connectivity index (χ1v) is 12.0. The summed E-state index contributed by atoms with van der Waals surface area (Å²) < 4.78 is 28.0. The number of benzene rings is 2. The smallest absolute Gasteiger partial charge is 0.317 e. The number of rotatable bonds is 6. The number of anilines is 2. The zero-order valence-electron chi connectivity index (χ0n) is 20.3. The molecule has 6 rings (SSSR count). The standard InChI is InChI=1S/C26H25FN8O2/c1-15-9-16(3-6-22(15)36-17-4-5-21-19(10-17)32-14-35(21)2)33-25-24-20(30-13-31-25)11-29-26(34-24)37-23-12-28-8-7-18(23)27/h3-6,9-11,13-14,18,23,28H,7-8,12H2,1-2H3,(H,30,31,33)/t18-,23-/m0/s1. The van der Waals surface area contributed by atoms with E-state index in [2.05, 4.69) is 35.6 Å². The van der Waals surface area contributed by atoms with E-state index in [9.17, 15) is 4.39 Å². The van der Waals surface area contributed by atoms with E-state index in [1.165, 1.54) is 6.33 Å². The van der Waals surface area contributed by atoms with E-state index in [1.54, 1.807) is 12.5 Å². The number of hydrogen-bond donors (Lipinski definition) is 2. The second-order valence-corrected chi connectivity index (χ2v) is 8.99. The highest BCUT2D eigenvalue weighted by Gasteiger charge is 2.27. The Balaban J connectivity index is 1.22. The maximum absolute atomic E-state index is 14.2. The summed E-state index contributed by atoms with van der Waals surface area (Å²) in [6, 6.07) is 11.7. The number of alkyl halides is 1. The molecule has 37 heavy (non-hydrogen) atoms. The second-order valence-electron chi connectivity index (χ2n) is 8.99. The molecule has 1 fully saturated rings. The van der Waals surface area contributed by atoms with Crippen molar-refractivity contribution in [2.24, 2.45) is 7.05 Å². The molecule has 0 saturated carbocycles. The average Bonchev–Trinajstić information content (AvgIpc) is 3.27. The van der Waals surface area contributed by atoms with Crippen LogP contribution in [-0.4, -0.2) is 54.9 Å². The van der Waals surface area contributed by atoms with Crippen LogP contribution in [0.15, 0.2) is 55.2 Å². The number of piperidine rings is 1. The van der Waals surface area contributed by atoms with Crippen LogP contribution in [0.5, 0.6) is 17.5 Å². The van der Waals surface area contributed by atoms with Gasteiger partial charge in [0, 0.05) is 25.3 Å². The Bertz CT molecular complexity index is 1590. The summed E-state index contributed by atoms with van der Waals surface area (Å²) in [6.07, 6.45) is 3.46. The highest BCUT2D eigenvalue weighted by atomic mass is 19.1. The molecule has 4 heterocycles. The van der Waals surface area contributed by atoms with Crippen molar-refractivity contribution in [1.29, 1.82) is 0 Å². The fourth-order valence-corrected chi connectivity index (χ4v) is 4.32. The van der Waals surface area contributed by atoms with Gasteiger partial charge in [-0.2, -0.15) is 4.98 Å². The molecule has 1 aliphatic heterocycles. The quantitative estimate of drug-likeness (QED) is 0.354. The van der Waals surface area contributed by atoms with E-state index in [0.29, 0.717) is 42.1 Å². The van der Waals surface area contributed by atoms with Crippen molar-refractivity contribution >= 4 is 33.6 Å². The highest BCUT2D eigenvalue weighted by molar-refractivity contribution is 5.86. The zero-order chi connectivity index (χ0) is 25.4. The van der Waals surface area contributed by atoms with Crippen LogP contribution in [-0.2, 0) is 7.05 Å². The van der Waals surface area contributed by atoms with Gasteiger partial charge in [-0.05, 0) is 55.8 Å². The molecule has 5 aromatic rings. The van der Waals surface area contributed by atoms with Crippen molar-refractivity contribution in [3.05, 3.63) is 60.8 Å². The van der Waals surface area contributed by atoms with Gasteiger partial charge in [0.15, 0.2) is 5.82 Å². The lowest BCUT2D eigenvalue weighted by Gasteiger charge is -2.26. The van der Waals surface area contributed by atoms with Crippen LogP contribution in [0.4, 0.5) is 15.9 Å².